The van der Waals surface area contributed by atoms with Crippen LogP contribution in [0.5, 0.6) is 0 Å². The highest BCUT2D eigenvalue weighted by atomic mass is 16.2. The second-order valence-corrected chi connectivity index (χ2v) is 4.44. The number of pyridine rings is 1. The van der Waals surface area contributed by atoms with Crippen molar-refractivity contribution >= 4 is 22.5 Å². The Morgan fingerprint density at radius 3 is 2.74 bits per heavy atom. The van der Waals surface area contributed by atoms with Crippen LogP contribution in [0.2, 0.25) is 0 Å². The first kappa shape index (κ1) is 13.3. The third kappa shape index (κ3) is 3.00. The predicted octanol–water partition coefficient (Wildman–Crippen LogP) is 1.87. The number of hydrogen-bond donors (Lipinski definition) is 2. The van der Waals surface area contributed by atoms with E-state index in [2.05, 4.69) is 15.7 Å². The van der Waals surface area contributed by atoms with Crippen molar-refractivity contribution in [3.05, 3.63) is 36.0 Å². The molecule has 0 unspecified atom stereocenters. The van der Waals surface area contributed by atoms with E-state index in [0.29, 0.717) is 5.69 Å². The summed E-state index contributed by atoms with van der Waals surface area (Å²) in [6.07, 6.45) is 0. The molecule has 0 radical (unpaired) electrons. The zero-order valence-electron chi connectivity index (χ0n) is 11.4. The number of fused-ring (bicyclic) bond motifs is 1. The Hall–Kier alpha value is -2.14. The van der Waals surface area contributed by atoms with Crippen LogP contribution < -0.4 is 10.7 Å². The minimum Gasteiger partial charge on any atom is -0.370 e. The van der Waals surface area contributed by atoms with E-state index in [4.69, 9.17) is 0 Å². The SMILES string of the molecule is CCNc1nc(C(=O)NN(C)C)cc2ccccc12. The molecular formula is C14H18N4O. The number of hydrazine groups is 1. The molecule has 1 heterocycles. The molecule has 0 spiro atoms. The molecule has 0 aliphatic rings. The fraction of sp³-hybridized carbons (Fsp3) is 0.286. The van der Waals surface area contributed by atoms with Crippen molar-refractivity contribution in [1.82, 2.24) is 15.4 Å². The van der Waals surface area contributed by atoms with Gasteiger partial charge in [-0.25, -0.2) is 9.99 Å². The van der Waals surface area contributed by atoms with E-state index in [1.54, 1.807) is 25.2 Å². The predicted molar refractivity (Wildman–Crippen MR) is 77.1 cm³/mol. The number of carbonyl (C=O) groups is 1. The van der Waals surface area contributed by atoms with Gasteiger partial charge >= 0.3 is 0 Å². The fourth-order valence-electron chi connectivity index (χ4n) is 1.88. The van der Waals surface area contributed by atoms with Crippen molar-refractivity contribution in [2.75, 3.05) is 26.0 Å². The molecular weight excluding hydrogens is 240 g/mol. The lowest BCUT2D eigenvalue weighted by Crippen LogP contribution is -2.36. The minimum absolute atomic E-state index is 0.213. The van der Waals surface area contributed by atoms with E-state index in [9.17, 15) is 4.79 Å². The van der Waals surface area contributed by atoms with Gasteiger partial charge in [0.2, 0.25) is 0 Å². The van der Waals surface area contributed by atoms with E-state index in [1.165, 1.54) is 0 Å². The van der Waals surface area contributed by atoms with E-state index in [1.807, 2.05) is 31.2 Å². The van der Waals surface area contributed by atoms with Crippen molar-refractivity contribution in [3.8, 4) is 0 Å². The summed E-state index contributed by atoms with van der Waals surface area (Å²) >= 11 is 0. The maximum atomic E-state index is 12.0. The summed E-state index contributed by atoms with van der Waals surface area (Å²) < 4.78 is 0. The standard InChI is InChI=1S/C14H18N4O/c1-4-15-13-11-8-6-5-7-10(11)9-12(16-13)14(19)17-18(2)3/h5-9H,4H2,1-3H3,(H,15,16)(H,17,19). The molecule has 0 aliphatic carbocycles. The Kier molecular flexibility index (Phi) is 3.97. The molecule has 2 rings (SSSR count). The van der Waals surface area contributed by atoms with Gasteiger partial charge in [0.05, 0.1) is 0 Å². The average molecular weight is 258 g/mol. The maximum Gasteiger partial charge on any atom is 0.284 e. The number of anilines is 1. The maximum absolute atomic E-state index is 12.0. The van der Waals surface area contributed by atoms with Gasteiger partial charge in [-0.05, 0) is 18.4 Å². The van der Waals surface area contributed by atoms with Gasteiger partial charge in [0.25, 0.3) is 5.91 Å². The van der Waals surface area contributed by atoms with Crippen molar-refractivity contribution in [1.29, 1.82) is 0 Å². The molecule has 1 amide bonds. The number of hydrogen-bond acceptors (Lipinski definition) is 4. The lowest BCUT2D eigenvalue weighted by atomic mass is 10.1. The first-order valence-electron chi connectivity index (χ1n) is 6.23. The molecule has 1 aromatic heterocycles. The zero-order valence-corrected chi connectivity index (χ0v) is 11.4. The Balaban J connectivity index is 2.48. The Morgan fingerprint density at radius 2 is 2.05 bits per heavy atom. The second kappa shape index (κ2) is 5.67. The molecule has 0 atom stereocenters. The highest BCUT2D eigenvalue weighted by Gasteiger charge is 2.12. The summed E-state index contributed by atoms with van der Waals surface area (Å²) in [6, 6.07) is 9.68. The molecule has 0 bridgehead atoms. The quantitative estimate of drug-likeness (QED) is 0.822. The molecule has 0 fully saturated rings. The Bertz CT molecular complexity index is 595. The van der Waals surface area contributed by atoms with Gasteiger partial charge < -0.3 is 5.32 Å². The highest BCUT2D eigenvalue weighted by molar-refractivity contribution is 6.00. The molecule has 1 aromatic carbocycles. The second-order valence-electron chi connectivity index (χ2n) is 4.44. The van der Waals surface area contributed by atoms with E-state index < -0.39 is 0 Å². The van der Waals surface area contributed by atoms with Gasteiger partial charge in [0, 0.05) is 26.0 Å². The molecule has 19 heavy (non-hydrogen) atoms. The summed E-state index contributed by atoms with van der Waals surface area (Å²) in [6.45, 7) is 2.76. The van der Waals surface area contributed by atoms with Gasteiger partial charge in [-0.15, -0.1) is 0 Å². The number of carbonyl (C=O) groups excluding carboxylic acids is 1. The smallest absolute Gasteiger partial charge is 0.284 e. The minimum atomic E-state index is -0.213. The van der Waals surface area contributed by atoms with Crippen molar-refractivity contribution < 1.29 is 4.79 Å². The highest BCUT2D eigenvalue weighted by Crippen LogP contribution is 2.22. The van der Waals surface area contributed by atoms with E-state index in [-0.39, 0.29) is 5.91 Å². The topological polar surface area (TPSA) is 57.3 Å². The van der Waals surface area contributed by atoms with Gasteiger partial charge in [-0.3, -0.25) is 10.2 Å². The first-order valence-corrected chi connectivity index (χ1v) is 6.23. The number of benzene rings is 1. The van der Waals surface area contributed by atoms with Crippen LogP contribution in [0.1, 0.15) is 17.4 Å². The molecule has 0 saturated heterocycles. The number of amides is 1. The lowest BCUT2D eigenvalue weighted by molar-refractivity contribution is 0.0852. The monoisotopic (exact) mass is 258 g/mol. The zero-order chi connectivity index (χ0) is 13.8. The van der Waals surface area contributed by atoms with Crippen LogP contribution in [-0.4, -0.2) is 36.5 Å². The van der Waals surface area contributed by atoms with Crippen LogP contribution in [0.3, 0.4) is 0 Å². The van der Waals surface area contributed by atoms with Crippen molar-refractivity contribution in [2.45, 2.75) is 6.92 Å². The number of nitrogens with one attached hydrogen (secondary N) is 2. The summed E-state index contributed by atoms with van der Waals surface area (Å²) in [7, 11) is 3.54. The molecule has 0 saturated carbocycles. The molecule has 5 heteroatoms. The van der Waals surface area contributed by atoms with Crippen LogP contribution in [0, 0.1) is 0 Å². The lowest BCUT2D eigenvalue weighted by Gasteiger charge is -2.13. The summed E-state index contributed by atoms with van der Waals surface area (Å²) in [4.78, 5) is 16.4. The van der Waals surface area contributed by atoms with Gasteiger partial charge in [0.1, 0.15) is 11.5 Å². The average Bonchev–Trinajstić information content (AvgIpc) is 2.38. The number of rotatable bonds is 4. The van der Waals surface area contributed by atoms with Gasteiger partial charge in [-0.1, -0.05) is 24.3 Å². The number of aromatic nitrogens is 1. The number of nitrogens with zero attached hydrogens (tertiary/aromatic N) is 2. The molecule has 2 aromatic rings. The van der Waals surface area contributed by atoms with Crippen LogP contribution in [0.4, 0.5) is 5.82 Å². The van der Waals surface area contributed by atoms with Crippen LogP contribution in [0.15, 0.2) is 30.3 Å². The van der Waals surface area contributed by atoms with Crippen LogP contribution in [-0.2, 0) is 0 Å². The van der Waals surface area contributed by atoms with Crippen LogP contribution in [0.25, 0.3) is 10.8 Å². The molecule has 100 valence electrons. The fourth-order valence-corrected chi connectivity index (χ4v) is 1.88. The Labute approximate surface area is 112 Å². The summed E-state index contributed by atoms with van der Waals surface area (Å²) in [5.41, 5.74) is 3.10. The van der Waals surface area contributed by atoms with Gasteiger partial charge in [-0.2, -0.15) is 0 Å². The van der Waals surface area contributed by atoms with Crippen molar-refractivity contribution in [3.63, 3.8) is 0 Å². The van der Waals surface area contributed by atoms with E-state index in [0.717, 1.165) is 23.1 Å². The third-order valence-electron chi connectivity index (χ3n) is 2.64. The molecule has 0 aliphatic heterocycles. The van der Waals surface area contributed by atoms with Gasteiger partial charge in [0.15, 0.2) is 0 Å². The molecule has 2 N–H and O–H groups in total. The van der Waals surface area contributed by atoms with Crippen molar-refractivity contribution in [2.24, 2.45) is 0 Å². The molecule has 5 nitrogen and oxygen atoms in total. The third-order valence-corrected chi connectivity index (χ3v) is 2.64. The Morgan fingerprint density at radius 1 is 1.32 bits per heavy atom. The van der Waals surface area contributed by atoms with Crippen LogP contribution >= 0.6 is 0 Å². The largest absolute Gasteiger partial charge is 0.370 e. The summed E-state index contributed by atoms with van der Waals surface area (Å²) in [5, 5.41) is 6.81. The van der Waals surface area contributed by atoms with E-state index >= 15 is 0 Å². The summed E-state index contributed by atoms with van der Waals surface area (Å²) in [5.74, 6) is 0.527. The normalized spacial score (nSPS) is 10.7. The first-order chi connectivity index (χ1) is 9.11.